The van der Waals surface area contributed by atoms with Crippen LogP contribution in [0.1, 0.15) is 18.4 Å². The third-order valence-electron chi connectivity index (χ3n) is 3.77. The van der Waals surface area contributed by atoms with E-state index in [9.17, 15) is 4.79 Å². The molecule has 1 aromatic carbocycles. The monoisotopic (exact) mass is 312 g/mol. The lowest BCUT2D eigenvalue weighted by molar-refractivity contribution is 0.0938. The molecule has 0 spiro atoms. The molecule has 1 aromatic heterocycles. The van der Waals surface area contributed by atoms with Crippen molar-refractivity contribution in [3.8, 4) is 6.01 Å². The van der Waals surface area contributed by atoms with Crippen molar-refractivity contribution in [1.82, 2.24) is 20.2 Å². The van der Waals surface area contributed by atoms with Crippen LogP contribution in [-0.4, -0.2) is 40.1 Å². The third-order valence-corrected chi connectivity index (χ3v) is 3.77. The maximum Gasteiger partial charge on any atom is 0.317 e. The summed E-state index contributed by atoms with van der Waals surface area (Å²) in [5, 5.41) is 2.95. The second-order valence-electron chi connectivity index (χ2n) is 5.50. The highest BCUT2D eigenvalue weighted by Gasteiger charge is 2.25. The fourth-order valence-corrected chi connectivity index (χ4v) is 2.60. The number of hydrogen-bond acceptors (Lipinski definition) is 4. The number of aromatic nitrogens is 2. The molecule has 1 aliphatic heterocycles. The molecule has 6 heteroatoms. The van der Waals surface area contributed by atoms with E-state index in [4.69, 9.17) is 4.74 Å². The Morgan fingerprint density at radius 3 is 2.78 bits per heavy atom. The van der Waals surface area contributed by atoms with E-state index in [1.807, 2.05) is 30.3 Å². The molecular formula is C17H20N4O2. The first-order valence-corrected chi connectivity index (χ1v) is 7.81. The molecule has 1 N–H and O–H groups in total. The molecule has 0 radical (unpaired) electrons. The number of likely N-dealkylation sites (tertiary alicyclic amines) is 1. The number of carbonyl (C=O) groups excluding carboxylic acids is 1. The van der Waals surface area contributed by atoms with E-state index in [2.05, 4.69) is 15.3 Å². The number of benzene rings is 1. The Morgan fingerprint density at radius 1 is 1.22 bits per heavy atom. The van der Waals surface area contributed by atoms with Gasteiger partial charge >= 0.3 is 12.0 Å². The summed E-state index contributed by atoms with van der Waals surface area (Å²) in [5.74, 6) is 0. The summed E-state index contributed by atoms with van der Waals surface area (Å²) >= 11 is 0. The van der Waals surface area contributed by atoms with E-state index in [-0.39, 0.29) is 12.1 Å². The molecule has 120 valence electrons. The second kappa shape index (κ2) is 7.58. The van der Waals surface area contributed by atoms with Crippen LogP contribution in [0.15, 0.2) is 48.8 Å². The van der Waals surface area contributed by atoms with E-state index in [0.717, 1.165) is 24.9 Å². The van der Waals surface area contributed by atoms with Gasteiger partial charge in [-0.2, -0.15) is 0 Å². The first-order valence-electron chi connectivity index (χ1n) is 7.81. The van der Waals surface area contributed by atoms with Gasteiger partial charge in [-0.3, -0.25) is 0 Å². The summed E-state index contributed by atoms with van der Waals surface area (Å²) in [7, 11) is 0. The standard InChI is InChI=1S/C17H20N4O2/c22-17(20-12-14-6-2-1-3-7-14)21-11-4-8-15(13-21)23-16-18-9-5-10-19-16/h1-3,5-7,9-10,15H,4,8,11-13H2,(H,20,22). The number of amides is 2. The number of rotatable bonds is 4. The van der Waals surface area contributed by atoms with Crippen molar-refractivity contribution >= 4 is 6.03 Å². The van der Waals surface area contributed by atoms with Crippen LogP contribution in [-0.2, 0) is 6.54 Å². The molecule has 2 aromatic rings. The number of hydrogen-bond donors (Lipinski definition) is 1. The van der Waals surface area contributed by atoms with Gasteiger partial charge in [-0.1, -0.05) is 30.3 Å². The van der Waals surface area contributed by atoms with E-state index in [0.29, 0.717) is 19.1 Å². The predicted octanol–water partition coefficient (Wildman–Crippen LogP) is 2.23. The molecule has 1 aliphatic rings. The predicted molar refractivity (Wildman–Crippen MR) is 85.9 cm³/mol. The summed E-state index contributed by atoms with van der Waals surface area (Å²) < 4.78 is 5.75. The van der Waals surface area contributed by atoms with Crippen molar-refractivity contribution in [2.75, 3.05) is 13.1 Å². The number of ether oxygens (including phenoxy) is 1. The smallest absolute Gasteiger partial charge is 0.317 e. The van der Waals surface area contributed by atoms with E-state index < -0.39 is 0 Å². The summed E-state index contributed by atoms with van der Waals surface area (Å²) in [6.45, 7) is 1.83. The highest BCUT2D eigenvalue weighted by atomic mass is 16.5. The van der Waals surface area contributed by atoms with Crippen molar-refractivity contribution in [3.05, 3.63) is 54.4 Å². The van der Waals surface area contributed by atoms with Crippen LogP contribution in [0, 0.1) is 0 Å². The lowest BCUT2D eigenvalue weighted by atomic mass is 10.1. The SMILES string of the molecule is O=C(NCc1ccccc1)N1CCCC(Oc2ncccn2)C1. The minimum atomic E-state index is -0.0615. The number of nitrogens with one attached hydrogen (secondary N) is 1. The fourth-order valence-electron chi connectivity index (χ4n) is 2.60. The summed E-state index contributed by atoms with van der Waals surface area (Å²) in [4.78, 5) is 22.2. The molecule has 1 unspecified atom stereocenters. The van der Waals surface area contributed by atoms with Crippen LogP contribution >= 0.6 is 0 Å². The highest BCUT2D eigenvalue weighted by molar-refractivity contribution is 5.74. The maximum absolute atomic E-state index is 12.3. The molecule has 1 atom stereocenters. The first-order chi connectivity index (χ1) is 11.3. The van der Waals surface area contributed by atoms with Gasteiger partial charge in [0.15, 0.2) is 0 Å². The number of nitrogens with zero attached hydrogens (tertiary/aromatic N) is 3. The van der Waals surface area contributed by atoms with Gasteiger partial charge in [0.05, 0.1) is 6.54 Å². The van der Waals surface area contributed by atoms with Gasteiger partial charge in [0, 0.05) is 25.5 Å². The average molecular weight is 312 g/mol. The second-order valence-corrected chi connectivity index (χ2v) is 5.50. The van der Waals surface area contributed by atoms with Crippen LogP contribution in [0.2, 0.25) is 0 Å². The number of piperidine rings is 1. The Morgan fingerprint density at radius 2 is 2.00 bits per heavy atom. The normalized spacial score (nSPS) is 17.6. The van der Waals surface area contributed by atoms with Crippen molar-refractivity contribution in [2.45, 2.75) is 25.5 Å². The van der Waals surface area contributed by atoms with Gasteiger partial charge in [0.2, 0.25) is 0 Å². The van der Waals surface area contributed by atoms with E-state index in [1.165, 1.54) is 0 Å². The molecule has 23 heavy (non-hydrogen) atoms. The van der Waals surface area contributed by atoms with Gasteiger partial charge < -0.3 is 15.0 Å². The van der Waals surface area contributed by atoms with Crippen LogP contribution < -0.4 is 10.1 Å². The van der Waals surface area contributed by atoms with Gasteiger partial charge in [-0.15, -0.1) is 0 Å². The average Bonchev–Trinajstić information content (AvgIpc) is 2.62. The Labute approximate surface area is 135 Å². The van der Waals surface area contributed by atoms with Gasteiger partial charge in [-0.25, -0.2) is 14.8 Å². The first kappa shape index (κ1) is 15.3. The maximum atomic E-state index is 12.3. The third kappa shape index (κ3) is 4.42. The lowest BCUT2D eigenvalue weighted by Crippen LogP contribution is -2.48. The summed E-state index contributed by atoms with van der Waals surface area (Å²) in [5.41, 5.74) is 1.09. The van der Waals surface area contributed by atoms with Gasteiger partial charge in [0.1, 0.15) is 6.10 Å². The molecule has 1 saturated heterocycles. The molecule has 0 bridgehead atoms. The van der Waals surface area contributed by atoms with Gasteiger partial charge in [-0.05, 0) is 24.5 Å². The Kier molecular flexibility index (Phi) is 5.03. The quantitative estimate of drug-likeness (QED) is 0.940. The highest BCUT2D eigenvalue weighted by Crippen LogP contribution is 2.15. The van der Waals surface area contributed by atoms with E-state index in [1.54, 1.807) is 23.4 Å². The van der Waals surface area contributed by atoms with Crippen molar-refractivity contribution in [3.63, 3.8) is 0 Å². The number of carbonyl (C=O) groups is 1. The molecule has 6 nitrogen and oxygen atoms in total. The summed E-state index contributed by atoms with van der Waals surface area (Å²) in [6, 6.07) is 11.9. The van der Waals surface area contributed by atoms with Crippen LogP contribution in [0.5, 0.6) is 6.01 Å². The zero-order chi connectivity index (χ0) is 15.9. The Balaban J connectivity index is 1.50. The lowest BCUT2D eigenvalue weighted by Gasteiger charge is -2.32. The Bertz CT molecular complexity index is 621. The van der Waals surface area contributed by atoms with Crippen LogP contribution in [0.25, 0.3) is 0 Å². The van der Waals surface area contributed by atoms with Crippen molar-refractivity contribution in [1.29, 1.82) is 0 Å². The minimum Gasteiger partial charge on any atom is -0.458 e. The number of urea groups is 1. The molecule has 0 saturated carbocycles. The zero-order valence-corrected chi connectivity index (χ0v) is 12.9. The largest absolute Gasteiger partial charge is 0.458 e. The minimum absolute atomic E-state index is 0.0591. The Hall–Kier alpha value is -2.63. The van der Waals surface area contributed by atoms with E-state index >= 15 is 0 Å². The van der Waals surface area contributed by atoms with Crippen molar-refractivity contribution < 1.29 is 9.53 Å². The molecule has 2 amide bonds. The molecule has 1 fully saturated rings. The fraction of sp³-hybridized carbons (Fsp3) is 0.353. The van der Waals surface area contributed by atoms with Gasteiger partial charge in [0.25, 0.3) is 0 Å². The molecule has 0 aliphatic carbocycles. The topological polar surface area (TPSA) is 67.4 Å². The zero-order valence-electron chi connectivity index (χ0n) is 12.9. The molecule has 3 rings (SSSR count). The molecular weight excluding hydrogens is 292 g/mol. The summed E-state index contributed by atoms with van der Waals surface area (Å²) in [6.07, 6.45) is 5.05. The molecule has 2 heterocycles. The van der Waals surface area contributed by atoms with Crippen LogP contribution in [0.4, 0.5) is 4.79 Å². The van der Waals surface area contributed by atoms with Crippen molar-refractivity contribution in [2.24, 2.45) is 0 Å². The van der Waals surface area contributed by atoms with Crippen LogP contribution in [0.3, 0.4) is 0 Å².